The number of hydrogen-bond donors (Lipinski definition) is 2. The Labute approximate surface area is 121 Å². The molecule has 1 aliphatic rings. The standard InChI is InChI=1S/C14H18N4O3/c19-9-11-3-1-2-6-17(11)8-14-15-12-5-4-10(18(20)21)7-13(12)16-14/h4-5,7,11,19H,1-3,6,8-9H2,(H,15,16). The summed E-state index contributed by atoms with van der Waals surface area (Å²) in [6, 6.07) is 4.81. The van der Waals surface area contributed by atoms with Crippen molar-refractivity contribution < 1.29 is 10.0 Å². The Morgan fingerprint density at radius 1 is 1.48 bits per heavy atom. The molecule has 1 unspecified atom stereocenters. The summed E-state index contributed by atoms with van der Waals surface area (Å²) < 4.78 is 0. The number of aromatic nitrogens is 2. The number of aliphatic hydroxyl groups excluding tert-OH is 1. The van der Waals surface area contributed by atoms with Gasteiger partial charge in [-0.25, -0.2) is 4.98 Å². The van der Waals surface area contributed by atoms with Crippen molar-refractivity contribution in [1.29, 1.82) is 0 Å². The summed E-state index contributed by atoms with van der Waals surface area (Å²) in [6.45, 7) is 1.74. The molecular weight excluding hydrogens is 272 g/mol. The molecule has 2 N–H and O–H groups in total. The van der Waals surface area contributed by atoms with Crippen LogP contribution in [0.2, 0.25) is 0 Å². The minimum Gasteiger partial charge on any atom is -0.395 e. The number of likely N-dealkylation sites (tertiary alicyclic amines) is 1. The van der Waals surface area contributed by atoms with Crippen LogP contribution in [0.25, 0.3) is 11.0 Å². The summed E-state index contributed by atoms with van der Waals surface area (Å²) in [7, 11) is 0. The summed E-state index contributed by atoms with van der Waals surface area (Å²) in [5.74, 6) is 0.783. The number of H-pyrrole nitrogens is 1. The van der Waals surface area contributed by atoms with E-state index in [9.17, 15) is 15.2 Å². The molecule has 1 fully saturated rings. The summed E-state index contributed by atoms with van der Waals surface area (Å²) in [4.78, 5) is 20.2. The highest BCUT2D eigenvalue weighted by Gasteiger charge is 2.22. The van der Waals surface area contributed by atoms with E-state index in [1.807, 2.05) is 0 Å². The second-order valence-corrected chi connectivity index (χ2v) is 5.44. The second-order valence-electron chi connectivity index (χ2n) is 5.44. The molecule has 7 nitrogen and oxygen atoms in total. The predicted molar refractivity (Wildman–Crippen MR) is 77.9 cm³/mol. The largest absolute Gasteiger partial charge is 0.395 e. The molecule has 2 heterocycles. The zero-order valence-electron chi connectivity index (χ0n) is 11.7. The van der Waals surface area contributed by atoms with E-state index in [0.717, 1.165) is 37.1 Å². The minimum absolute atomic E-state index is 0.0592. The number of non-ortho nitro benzene ring substituents is 1. The molecule has 1 saturated heterocycles. The van der Waals surface area contributed by atoms with Crippen LogP contribution in [0.4, 0.5) is 5.69 Å². The lowest BCUT2D eigenvalue weighted by molar-refractivity contribution is -0.384. The Kier molecular flexibility index (Phi) is 3.85. The number of piperidine rings is 1. The van der Waals surface area contributed by atoms with Crippen molar-refractivity contribution >= 4 is 16.7 Å². The fourth-order valence-electron chi connectivity index (χ4n) is 2.91. The molecule has 0 aliphatic carbocycles. The molecule has 7 heteroatoms. The molecule has 0 radical (unpaired) electrons. The van der Waals surface area contributed by atoms with Crippen molar-refractivity contribution in [2.24, 2.45) is 0 Å². The Morgan fingerprint density at radius 3 is 3.10 bits per heavy atom. The van der Waals surface area contributed by atoms with E-state index in [0.29, 0.717) is 12.1 Å². The Morgan fingerprint density at radius 2 is 2.33 bits per heavy atom. The maximum atomic E-state index is 10.8. The van der Waals surface area contributed by atoms with Crippen molar-refractivity contribution in [3.05, 3.63) is 34.1 Å². The first-order chi connectivity index (χ1) is 10.2. The quantitative estimate of drug-likeness (QED) is 0.661. The van der Waals surface area contributed by atoms with Crippen LogP contribution >= 0.6 is 0 Å². The maximum absolute atomic E-state index is 10.8. The lowest BCUT2D eigenvalue weighted by atomic mass is 10.0. The average molecular weight is 290 g/mol. The van der Waals surface area contributed by atoms with Gasteiger partial charge in [-0.05, 0) is 25.5 Å². The van der Waals surface area contributed by atoms with Crippen molar-refractivity contribution in [3.63, 3.8) is 0 Å². The zero-order valence-corrected chi connectivity index (χ0v) is 11.7. The molecule has 0 amide bonds. The Balaban J connectivity index is 1.82. The number of imidazole rings is 1. The predicted octanol–water partition coefficient (Wildman–Crippen LogP) is 1.82. The highest BCUT2D eigenvalue weighted by Crippen LogP contribution is 2.22. The van der Waals surface area contributed by atoms with Crippen LogP contribution in [0.3, 0.4) is 0 Å². The molecule has 2 aromatic rings. The van der Waals surface area contributed by atoms with E-state index in [-0.39, 0.29) is 18.3 Å². The smallest absolute Gasteiger partial charge is 0.271 e. The fraction of sp³-hybridized carbons (Fsp3) is 0.500. The number of nitrogens with one attached hydrogen (secondary N) is 1. The number of hydrogen-bond acceptors (Lipinski definition) is 5. The minimum atomic E-state index is -0.410. The first-order valence-corrected chi connectivity index (χ1v) is 7.15. The van der Waals surface area contributed by atoms with Gasteiger partial charge in [0.15, 0.2) is 0 Å². The van der Waals surface area contributed by atoms with Crippen molar-refractivity contribution in [3.8, 4) is 0 Å². The highest BCUT2D eigenvalue weighted by molar-refractivity contribution is 5.77. The number of nitro benzene ring substituents is 1. The van der Waals surface area contributed by atoms with E-state index in [1.54, 1.807) is 6.07 Å². The summed E-state index contributed by atoms with van der Waals surface area (Å²) in [5.41, 5.74) is 1.47. The lowest BCUT2D eigenvalue weighted by Crippen LogP contribution is -2.41. The third-order valence-corrected chi connectivity index (χ3v) is 4.04. The number of rotatable bonds is 4. The van der Waals surface area contributed by atoms with E-state index < -0.39 is 4.92 Å². The van der Waals surface area contributed by atoms with Gasteiger partial charge in [0.2, 0.25) is 0 Å². The van der Waals surface area contributed by atoms with Gasteiger partial charge in [0.25, 0.3) is 5.69 Å². The van der Waals surface area contributed by atoms with Crippen LogP contribution in [0.1, 0.15) is 25.1 Å². The van der Waals surface area contributed by atoms with Crippen LogP contribution in [0, 0.1) is 10.1 Å². The highest BCUT2D eigenvalue weighted by atomic mass is 16.6. The second kappa shape index (κ2) is 5.79. The van der Waals surface area contributed by atoms with Gasteiger partial charge in [0.05, 0.1) is 29.1 Å². The van der Waals surface area contributed by atoms with Gasteiger partial charge in [-0.3, -0.25) is 15.0 Å². The molecule has 0 spiro atoms. The van der Waals surface area contributed by atoms with E-state index >= 15 is 0 Å². The number of benzene rings is 1. The number of fused-ring (bicyclic) bond motifs is 1. The van der Waals surface area contributed by atoms with E-state index in [1.165, 1.54) is 12.1 Å². The van der Waals surface area contributed by atoms with Crippen LogP contribution in [-0.4, -0.2) is 44.1 Å². The fourth-order valence-corrected chi connectivity index (χ4v) is 2.91. The van der Waals surface area contributed by atoms with Crippen molar-refractivity contribution in [1.82, 2.24) is 14.9 Å². The normalized spacial score (nSPS) is 20.0. The molecule has 1 aromatic heterocycles. The molecule has 1 aliphatic heterocycles. The summed E-state index contributed by atoms with van der Waals surface area (Å²) in [5, 5.41) is 20.2. The maximum Gasteiger partial charge on any atom is 0.271 e. The zero-order chi connectivity index (χ0) is 14.8. The number of aromatic amines is 1. The molecule has 0 bridgehead atoms. The lowest BCUT2D eigenvalue weighted by Gasteiger charge is -2.33. The Hall–Kier alpha value is -1.99. The number of nitro groups is 1. The number of aliphatic hydroxyl groups is 1. The van der Waals surface area contributed by atoms with Crippen molar-refractivity contribution in [2.45, 2.75) is 31.8 Å². The van der Waals surface area contributed by atoms with Gasteiger partial charge in [-0.15, -0.1) is 0 Å². The van der Waals surface area contributed by atoms with Crippen molar-refractivity contribution in [2.75, 3.05) is 13.2 Å². The van der Waals surface area contributed by atoms with E-state index in [4.69, 9.17) is 0 Å². The van der Waals surface area contributed by atoms with Gasteiger partial charge in [0, 0.05) is 18.2 Å². The van der Waals surface area contributed by atoms with Gasteiger partial charge in [-0.1, -0.05) is 6.42 Å². The van der Waals surface area contributed by atoms with Gasteiger partial charge in [0.1, 0.15) is 5.82 Å². The summed E-state index contributed by atoms with van der Waals surface area (Å²) in [6.07, 6.45) is 3.28. The van der Waals surface area contributed by atoms with Crippen LogP contribution in [-0.2, 0) is 6.54 Å². The molecule has 21 heavy (non-hydrogen) atoms. The van der Waals surface area contributed by atoms with Crippen LogP contribution < -0.4 is 0 Å². The monoisotopic (exact) mass is 290 g/mol. The van der Waals surface area contributed by atoms with E-state index in [2.05, 4.69) is 14.9 Å². The van der Waals surface area contributed by atoms with Gasteiger partial charge in [-0.2, -0.15) is 0 Å². The van der Waals surface area contributed by atoms with Crippen LogP contribution in [0.15, 0.2) is 18.2 Å². The van der Waals surface area contributed by atoms with Crippen LogP contribution in [0.5, 0.6) is 0 Å². The third-order valence-electron chi connectivity index (χ3n) is 4.04. The average Bonchev–Trinajstić information content (AvgIpc) is 2.89. The topological polar surface area (TPSA) is 95.3 Å². The first kappa shape index (κ1) is 14.0. The molecule has 112 valence electrons. The first-order valence-electron chi connectivity index (χ1n) is 7.15. The van der Waals surface area contributed by atoms with Gasteiger partial charge >= 0.3 is 0 Å². The Bertz CT molecular complexity index is 655. The molecule has 1 atom stereocenters. The molecule has 3 rings (SSSR count). The summed E-state index contributed by atoms with van der Waals surface area (Å²) >= 11 is 0. The molecule has 1 aromatic carbocycles. The SMILES string of the molecule is O=[N+]([O-])c1ccc2nc(CN3CCCCC3CO)[nH]c2c1. The van der Waals surface area contributed by atoms with Gasteiger partial charge < -0.3 is 10.1 Å². The molecule has 0 saturated carbocycles. The third kappa shape index (κ3) is 2.88. The number of nitrogens with zero attached hydrogens (tertiary/aromatic N) is 3. The molecular formula is C14H18N4O3.